The fourth-order valence-electron chi connectivity index (χ4n) is 4.06. The van der Waals surface area contributed by atoms with E-state index in [-0.39, 0.29) is 12.0 Å². The van der Waals surface area contributed by atoms with Crippen molar-refractivity contribution in [3.63, 3.8) is 0 Å². The highest BCUT2D eigenvalue weighted by molar-refractivity contribution is 6.31. The molecule has 1 N–H and O–H groups in total. The number of benzene rings is 3. The Labute approximate surface area is 213 Å². The SMILES string of the molecule is CCOc1cccc(OCC)c1NC(=O)Cc1c(-c2ccccc2OC)c2cc(Cl)ccc2oc1=O. The third kappa shape index (κ3) is 5.16. The number of carbonyl (C=O) groups is 1. The lowest BCUT2D eigenvalue weighted by Crippen LogP contribution is -2.21. The van der Waals surface area contributed by atoms with Crippen LogP contribution in [0.3, 0.4) is 0 Å². The molecule has 0 bridgehead atoms. The standard InChI is InChI=1S/C28H26ClNO6/c1-4-34-23-11-8-12-24(35-5-2)27(23)30-25(31)16-20-26(18-9-6-7-10-21(18)33-3)19-15-17(29)13-14-22(19)36-28(20)32/h6-15H,4-5,16H2,1-3H3,(H,30,31). The molecule has 0 saturated heterocycles. The summed E-state index contributed by atoms with van der Waals surface area (Å²) in [6, 6.07) is 17.5. The Bertz CT molecular complexity index is 1440. The van der Waals surface area contributed by atoms with Crippen molar-refractivity contribution in [2.45, 2.75) is 20.3 Å². The molecule has 4 rings (SSSR count). The average molecular weight is 508 g/mol. The first-order valence-corrected chi connectivity index (χ1v) is 11.9. The quantitative estimate of drug-likeness (QED) is 0.275. The first-order valence-electron chi connectivity index (χ1n) is 11.5. The van der Waals surface area contributed by atoms with Crippen LogP contribution in [-0.2, 0) is 11.2 Å². The molecule has 0 aliphatic heterocycles. The molecule has 0 unspecified atom stereocenters. The molecule has 0 fully saturated rings. The van der Waals surface area contributed by atoms with Crippen LogP contribution in [0.15, 0.2) is 69.9 Å². The van der Waals surface area contributed by atoms with Crippen LogP contribution < -0.4 is 25.2 Å². The highest BCUT2D eigenvalue weighted by atomic mass is 35.5. The predicted octanol–water partition coefficient (Wildman–Crippen LogP) is 6.10. The Morgan fingerprint density at radius 1 is 0.944 bits per heavy atom. The fraction of sp³-hybridized carbons (Fsp3) is 0.214. The van der Waals surface area contributed by atoms with Gasteiger partial charge in [0, 0.05) is 21.5 Å². The van der Waals surface area contributed by atoms with Gasteiger partial charge in [-0.3, -0.25) is 4.79 Å². The van der Waals surface area contributed by atoms with Gasteiger partial charge >= 0.3 is 5.63 Å². The molecular formula is C28H26ClNO6. The number of hydrogen-bond acceptors (Lipinski definition) is 6. The van der Waals surface area contributed by atoms with Crippen LogP contribution in [0.2, 0.25) is 5.02 Å². The van der Waals surface area contributed by atoms with Crippen molar-refractivity contribution in [2.24, 2.45) is 0 Å². The molecule has 0 atom stereocenters. The van der Waals surface area contributed by atoms with Gasteiger partial charge in [-0.25, -0.2) is 4.79 Å². The summed E-state index contributed by atoms with van der Waals surface area (Å²) in [6.07, 6.45) is -0.260. The maximum Gasteiger partial charge on any atom is 0.340 e. The van der Waals surface area contributed by atoms with E-state index in [2.05, 4.69) is 5.32 Å². The van der Waals surface area contributed by atoms with Gasteiger partial charge in [-0.15, -0.1) is 0 Å². The topological polar surface area (TPSA) is 87.0 Å². The second-order valence-electron chi connectivity index (χ2n) is 7.80. The van der Waals surface area contributed by atoms with Gasteiger partial charge in [0.1, 0.15) is 28.5 Å². The molecule has 7 nitrogen and oxygen atoms in total. The number of para-hydroxylation sites is 2. The minimum Gasteiger partial charge on any atom is -0.496 e. The van der Waals surface area contributed by atoms with Crippen molar-refractivity contribution in [3.05, 3.63) is 81.7 Å². The number of nitrogens with one attached hydrogen (secondary N) is 1. The Morgan fingerprint density at radius 2 is 1.61 bits per heavy atom. The molecular weight excluding hydrogens is 482 g/mol. The molecule has 0 spiro atoms. The van der Waals surface area contributed by atoms with E-state index in [0.717, 1.165) is 0 Å². The minimum absolute atomic E-state index is 0.179. The van der Waals surface area contributed by atoms with Crippen molar-refractivity contribution < 1.29 is 23.4 Å². The van der Waals surface area contributed by atoms with E-state index in [9.17, 15) is 9.59 Å². The molecule has 1 amide bonds. The van der Waals surface area contributed by atoms with Crippen molar-refractivity contribution in [3.8, 4) is 28.4 Å². The Morgan fingerprint density at radius 3 is 2.28 bits per heavy atom. The van der Waals surface area contributed by atoms with Crippen LogP contribution in [0.1, 0.15) is 19.4 Å². The number of hydrogen-bond donors (Lipinski definition) is 1. The van der Waals surface area contributed by atoms with E-state index in [1.807, 2.05) is 32.0 Å². The van der Waals surface area contributed by atoms with Gasteiger partial charge in [-0.2, -0.15) is 0 Å². The highest BCUT2D eigenvalue weighted by Gasteiger charge is 2.23. The summed E-state index contributed by atoms with van der Waals surface area (Å²) in [5, 5.41) is 3.93. The summed E-state index contributed by atoms with van der Waals surface area (Å²) >= 11 is 6.29. The van der Waals surface area contributed by atoms with Crippen molar-refractivity contribution >= 4 is 34.2 Å². The lowest BCUT2D eigenvalue weighted by Gasteiger charge is -2.17. The molecule has 8 heteroatoms. The number of amides is 1. The third-order valence-corrected chi connectivity index (χ3v) is 5.76. The zero-order valence-corrected chi connectivity index (χ0v) is 21.0. The van der Waals surface area contributed by atoms with Crippen LogP contribution in [0.5, 0.6) is 17.2 Å². The van der Waals surface area contributed by atoms with E-state index in [4.69, 9.17) is 30.2 Å². The lowest BCUT2D eigenvalue weighted by atomic mass is 9.94. The summed E-state index contributed by atoms with van der Waals surface area (Å²) in [7, 11) is 1.55. The zero-order valence-electron chi connectivity index (χ0n) is 20.2. The van der Waals surface area contributed by atoms with Crippen molar-refractivity contribution in [2.75, 3.05) is 25.6 Å². The summed E-state index contributed by atoms with van der Waals surface area (Å²) in [6.45, 7) is 4.52. The number of rotatable bonds is 9. The number of anilines is 1. The van der Waals surface area contributed by atoms with Gasteiger partial charge in [-0.05, 0) is 50.2 Å². The third-order valence-electron chi connectivity index (χ3n) is 5.53. The van der Waals surface area contributed by atoms with Crippen molar-refractivity contribution in [1.82, 2.24) is 0 Å². The average Bonchev–Trinajstić information content (AvgIpc) is 2.87. The number of fused-ring (bicyclic) bond motifs is 1. The van der Waals surface area contributed by atoms with Crippen LogP contribution in [0, 0.1) is 0 Å². The van der Waals surface area contributed by atoms with Crippen LogP contribution in [0.4, 0.5) is 5.69 Å². The monoisotopic (exact) mass is 507 g/mol. The van der Waals surface area contributed by atoms with Gasteiger partial charge in [0.25, 0.3) is 0 Å². The molecule has 1 aromatic heterocycles. The number of halogens is 1. The predicted molar refractivity (Wildman–Crippen MR) is 141 cm³/mol. The molecule has 1 heterocycles. The van der Waals surface area contributed by atoms with Gasteiger partial charge in [0.05, 0.1) is 32.3 Å². The molecule has 0 saturated carbocycles. The van der Waals surface area contributed by atoms with Crippen LogP contribution in [0.25, 0.3) is 22.1 Å². The minimum atomic E-state index is -0.621. The normalized spacial score (nSPS) is 10.8. The summed E-state index contributed by atoms with van der Waals surface area (Å²) in [5.41, 5.74) is 1.49. The summed E-state index contributed by atoms with van der Waals surface area (Å²) < 4.78 is 22.5. The van der Waals surface area contributed by atoms with Crippen molar-refractivity contribution in [1.29, 1.82) is 0 Å². The van der Waals surface area contributed by atoms with E-state index in [1.54, 1.807) is 49.6 Å². The molecule has 0 aliphatic carbocycles. The first-order chi connectivity index (χ1) is 17.5. The lowest BCUT2D eigenvalue weighted by molar-refractivity contribution is -0.115. The van der Waals surface area contributed by atoms with Gasteiger partial charge in [0.15, 0.2) is 0 Å². The summed E-state index contributed by atoms with van der Waals surface area (Å²) in [5.74, 6) is 1.05. The molecule has 3 aromatic carbocycles. The largest absolute Gasteiger partial charge is 0.496 e. The molecule has 36 heavy (non-hydrogen) atoms. The second kappa shape index (κ2) is 11.2. The smallest absolute Gasteiger partial charge is 0.340 e. The molecule has 4 aromatic rings. The second-order valence-corrected chi connectivity index (χ2v) is 8.24. The van der Waals surface area contributed by atoms with E-state index < -0.39 is 11.5 Å². The Balaban J connectivity index is 1.83. The maximum atomic E-state index is 13.3. The molecule has 186 valence electrons. The number of methoxy groups -OCH3 is 1. The molecule has 0 aliphatic rings. The Hall–Kier alpha value is -3.97. The van der Waals surface area contributed by atoms with Gasteiger partial charge < -0.3 is 23.9 Å². The van der Waals surface area contributed by atoms with E-state index in [1.165, 1.54) is 0 Å². The zero-order chi connectivity index (χ0) is 25.7. The van der Waals surface area contributed by atoms with E-state index in [0.29, 0.717) is 63.3 Å². The fourth-order valence-corrected chi connectivity index (χ4v) is 4.23. The van der Waals surface area contributed by atoms with Gasteiger partial charge in [0.2, 0.25) is 5.91 Å². The number of ether oxygens (including phenoxy) is 3. The maximum absolute atomic E-state index is 13.3. The highest BCUT2D eigenvalue weighted by Crippen LogP contribution is 2.38. The number of carbonyl (C=O) groups excluding carboxylic acids is 1. The van der Waals surface area contributed by atoms with E-state index >= 15 is 0 Å². The van der Waals surface area contributed by atoms with Crippen LogP contribution in [-0.4, -0.2) is 26.2 Å². The first kappa shape index (κ1) is 25.1. The Kier molecular flexibility index (Phi) is 7.80. The van der Waals surface area contributed by atoms with Gasteiger partial charge in [-0.1, -0.05) is 35.9 Å². The van der Waals surface area contributed by atoms with Crippen LogP contribution >= 0.6 is 11.6 Å². The summed E-state index contributed by atoms with van der Waals surface area (Å²) in [4.78, 5) is 26.5. The molecule has 0 radical (unpaired) electrons.